The maximum Gasteiger partial charge on any atom is 0.223 e. The van der Waals surface area contributed by atoms with Gasteiger partial charge in [0.1, 0.15) is 0 Å². The first kappa shape index (κ1) is 19.8. The molecule has 0 aliphatic carbocycles. The molecular weight excluding hydrogens is 352 g/mol. The third-order valence-electron chi connectivity index (χ3n) is 4.58. The summed E-state index contributed by atoms with van der Waals surface area (Å²) in [6, 6.07) is 18.1. The summed E-state index contributed by atoms with van der Waals surface area (Å²) >= 11 is 0. The van der Waals surface area contributed by atoms with Crippen molar-refractivity contribution in [3.8, 4) is 11.3 Å². The standard InChI is InChI=1S/C23H26N2O3/c1-18-8-10-20(11-9-18)21-16-24-22(28-21)12-13-23(26)25(14-15-27-2)17-19-6-4-3-5-7-19/h3-11,16H,12-15,17H2,1-2H3. The van der Waals surface area contributed by atoms with E-state index in [2.05, 4.69) is 4.98 Å². The molecule has 0 bridgehead atoms. The lowest BCUT2D eigenvalue weighted by molar-refractivity contribution is -0.132. The van der Waals surface area contributed by atoms with E-state index in [0.717, 1.165) is 16.9 Å². The van der Waals surface area contributed by atoms with Crippen LogP contribution in [-0.2, 0) is 22.5 Å². The Kier molecular flexibility index (Phi) is 6.98. The molecule has 0 radical (unpaired) electrons. The molecule has 2 aromatic carbocycles. The zero-order chi connectivity index (χ0) is 19.8. The predicted molar refractivity (Wildman–Crippen MR) is 109 cm³/mol. The zero-order valence-corrected chi connectivity index (χ0v) is 16.4. The van der Waals surface area contributed by atoms with Gasteiger partial charge in [0.25, 0.3) is 0 Å². The number of hydrogen-bond acceptors (Lipinski definition) is 4. The lowest BCUT2D eigenvalue weighted by Gasteiger charge is -2.22. The number of hydrogen-bond donors (Lipinski definition) is 0. The van der Waals surface area contributed by atoms with Gasteiger partial charge in [-0.2, -0.15) is 0 Å². The Balaban J connectivity index is 1.60. The quantitative estimate of drug-likeness (QED) is 0.558. The first-order valence-electron chi connectivity index (χ1n) is 9.48. The molecule has 0 unspecified atom stereocenters. The molecular formula is C23H26N2O3. The minimum atomic E-state index is 0.0657. The first-order chi connectivity index (χ1) is 13.7. The van der Waals surface area contributed by atoms with Crippen LogP contribution in [0.5, 0.6) is 0 Å². The van der Waals surface area contributed by atoms with Gasteiger partial charge in [0, 0.05) is 38.6 Å². The van der Waals surface area contributed by atoms with E-state index in [1.54, 1.807) is 13.3 Å². The summed E-state index contributed by atoms with van der Waals surface area (Å²) in [5.41, 5.74) is 3.29. The maximum absolute atomic E-state index is 12.7. The van der Waals surface area contributed by atoms with E-state index in [0.29, 0.717) is 38.4 Å². The summed E-state index contributed by atoms with van der Waals surface area (Å²) in [5.74, 6) is 1.37. The molecule has 1 heterocycles. The molecule has 1 aromatic heterocycles. The van der Waals surface area contributed by atoms with Crippen molar-refractivity contribution >= 4 is 5.91 Å². The fourth-order valence-electron chi connectivity index (χ4n) is 2.95. The largest absolute Gasteiger partial charge is 0.441 e. The number of aromatic nitrogens is 1. The third kappa shape index (κ3) is 5.54. The predicted octanol–water partition coefficient (Wildman–Crippen LogP) is 4.26. The molecule has 0 saturated heterocycles. The van der Waals surface area contributed by atoms with Crippen molar-refractivity contribution in [2.45, 2.75) is 26.3 Å². The summed E-state index contributed by atoms with van der Waals surface area (Å²) < 4.78 is 11.0. The molecule has 0 N–H and O–H groups in total. The van der Waals surface area contributed by atoms with Gasteiger partial charge in [-0.05, 0) is 12.5 Å². The Morgan fingerprint density at radius 3 is 2.57 bits per heavy atom. The van der Waals surface area contributed by atoms with Crippen LogP contribution in [0.25, 0.3) is 11.3 Å². The lowest BCUT2D eigenvalue weighted by atomic mass is 10.1. The van der Waals surface area contributed by atoms with Crippen molar-refractivity contribution < 1.29 is 13.9 Å². The highest BCUT2D eigenvalue weighted by Gasteiger charge is 2.15. The molecule has 0 fully saturated rings. The summed E-state index contributed by atoms with van der Waals surface area (Å²) in [7, 11) is 1.64. The second-order valence-electron chi connectivity index (χ2n) is 6.78. The number of benzene rings is 2. The Morgan fingerprint density at radius 1 is 1.11 bits per heavy atom. The van der Waals surface area contributed by atoms with Gasteiger partial charge in [-0.15, -0.1) is 0 Å². The number of nitrogens with zero attached hydrogens (tertiary/aromatic N) is 2. The summed E-state index contributed by atoms with van der Waals surface area (Å²) in [4.78, 5) is 18.9. The van der Waals surface area contributed by atoms with Gasteiger partial charge in [0.05, 0.1) is 12.8 Å². The molecule has 5 nitrogen and oxygen atoms in total. The number of oxazole rings is 1. The molecule has 3 rings (SSSR count). The van der Waals surface area contributed by atoms with Gasteiger partial charge >= 0.3 is 0 Å². The average Bonchev–Trinajstić information content (AvgIpc) is 3.19. The van der Waals surface area contributed by atoms with Gasteiger partial charge in [-0.25, -0.2) is 4.98 Å². The van der Waals surface area contributed by atoms with Crippen molar-refractivity contribution in [3.05, 3.63) is 77.8 Å². The van der Waals surface area contributed by atoms with Crippen molar-refractivity contribution in [2.24, 2.45) is 0 Å². The molecule has 146 valence electrons. The van der Waals surface area contributed by atoms with Crippen LogP contribution < -0.4 is 0 Å². The number of carbonyl (C=O) groups is 1. The Hall–Kier alpha value is -2.92. The highest BCUT2D eigenvalue weighted by molar-refractivity contribution is 5.76. The van der Waals surface area contributed by atoms with Gasteiger partial charge < -0.3 is 14.1 Å². The normalized spacial score (nSPS) is 10.8. The first-order valence-corrected chi connectivity index (χ1v) is 9.48. The van der Waals surface area contributed by atoms with E-state index in [1.807, 2.05) is 66.4 Å². The second-order valence-corrected chi connectivity index (χ2v) is 6.78. The number of ether oxygens (including phenoxy) is 1. The summed E-state index contributed by atoms with van der Waals surface area (Å²) in [5, 5.41) is 0. The van der Waals surface area contributed by atoms with Gasteiger partial charge in [-0.3, -0.25) is 4.79 Å². The van der Waals surface area contributed by atoms with Crippen LogP contribution in [0.15, 0.2) is 65.2 Å². The van der Waals surface area contributed by atoms with Crippen molar-refractivity contribution in [2.75, 3.05) is 20.3 Å². The van der Waals surface area contributed by atoms with Crippen LogP contribution in [0.1, 0.15) is 23.4 Å². The average molecular weight is 378 g/mol. The molecule has 0 aliphatic rings. The summed E-state index contributed by atoms with van der Waals surface area (Å²) in [6.45, 7) is 3.69. The molecule has 28 heavy (non-hydrogen) atoms. The number of amides is 1. The van der Waals surface area contributed by atoms with E-state index in [1.165, 1.54) is 5.56 Å². The topological polar surface area (TPSA) is 55.6 Å². The fourth-order valence-corrected chi connectivity index (χ4v) is 2.95. The monoisotopic (exact) mass is 378 g/mol. The number of aryl methyl sites for hydroxylation is 2. The van der Waals surface area contributed by atoms with Crippen LogP contribution in [0.3, 0.4) is 0 Å². The molecule has 0 saturated carbocycles. The van der Waals surface area contributed by atoms with Crippen LogP contribution in [0, 0.1) is 6.92 Å². The van der Waals surface area contributed by atoms with Crippen molar-refractivity contribution in [1.82, 2.24) is 9.88 Å². The smallest absolute Gasteiger partial charge is 0.223 e. The summed E-state index contributed by atoms with van der Waals surface area (Å²) in [6.07, 6.45) is 2.55. The zero-order valence-electron chi connectivity index (χ0n) is 16.4. The number of carbonyl (C=O) groups excluding carboxylic acids is 1. The highest BCUT2D eigenvalue weighted by Crippen LogP contribution is 2.21. The Labute approximate surface area is 166 Å². The van der Waals surface area contributed by atoms with Crippen molar-refractivity contribution in [1.29, 1.82) is 0 Å². The maximum atomic E-state index is 12.7. The van der Waals surface area contributed by atoms with Crippen LogP contribution in [0.4, 0.5) is 0 Å². The van der Waals surface area contributed by atoms with E-state index < -0.39 is 0 Å². The van der Waals surface area contributed by atoms with Crippen LogP contribution in [-0.4, -0.2) is 36.1 Å². The Bertz CT molecular complexity index is 872. The highest BCUT2D eigenvalue weighted by atomic mass is 16.5. The minimum absolute atomic E-state index is 0.0657. The van der Waals surface area contributed by atoms with Crippen molar-refractivity contribution in [3.63, 3.8) is 0 Å². The molecule has 0 atom stereocenters. The molecule has 0 aliphatic heterocycles. The Morgan fingerprint density at radius 2 is 1.86 bits per heavy atom. The lowest BCUT2D eigenvalue weighted by Crippen LogP contribution is -2.33. The van der Waals surface area contributed by atoms with E-state index in [9.17, 15) is 4.79 Å². The van der Waals surface area contributed by atoms with E-state index in [4.69, 9.17) is 9.15 Å². The fraction of sp³-hybridized carbons (Fsp3) is 0.304. The van der Waals surface area contributed by atoms with E-state index >= 15 is 0 Å². The third-order valence-corrected chi connectivity index (χ3v) is 4.58. The number of rotatable bonds is 9. The van der Waals surface area contributed by atoms with Gasteiger partial charge in [0.15, 0.2) is 11.7 Å². The SMILES string of the molecule is COCCN(Cc1ccccc1)C(=O)CCc1ncc(-c2ccc(C)cc2)o1. The molecule has 1 amide bonds. The molecule has 5 heteroatoms. The second kappa shape index (κ2) is 9.85. The van der Waals surface area contributed by atoms with Crippen LogP contribution in [0.2, 0.25) is 0 Å². The minimum Gasteiger partial charge on any atom is -0.441 e. The molecule has 3 aromatic rings. The number of methoxy groups -OCH3 is 1. The molecule has 0 spiro atoms. The van der Waals surface area contributed by atoms with Gasteiger partial charge in [-0.1, -0.05) is 60.2 Å². The van der Waals surface area contributed by atoms with Crippen LogP contribution >= 0.6 is 0 Å². The van der Waals surface area contributed by atoms with E-state index in [-0.39, 0.29) is 5.91 Å². The van der Waals surface area contributed by atoms with Gasteiger partial charge in [0.2, 0.25) is 5.91 Å².